The van der Waals surface area contributed by atoms with Gasteiger partial charge in [0.25, 0.3) is 5.91 Å². The first-order valence-corrected chi connectivity index (χ1v) is 9.99. The molecular weight excluding hydrogens is 384 g/mol. The van der Waals surface area contributed by atoms with Gasteiger partial charge in [-0.25, -0.2) is 4.98 Å². The second kappa shape index (κ2) is 8.10. The van der Waals surface area contributed by atoms with Gasteiger partial charge in [-0.3, -0.25) is 4.79 Å². The molecule has 1 heterocycles. The lowest BCUT2D eigenvalue weighted by atomic mass is 9.98. The van der Waals surface area contributed by atoms with Gasteiger partial charge in [0.15, 0.2) is 5.58 Å². The molecule has 1 N–H and O–H groups in total. The summed E-state index contributed by atoms with van der Waals surface area (Å²) in [5, 5.41) is 3.40. The number of rotatable bonds is 5. The Morgan fingerprint density at radius 1 is 1.10 bits per heavy atom. The number of amides is 1. The number of nitrogens with zero attached hydrogens (tertiary/aromatic N) is 1. The van der Waals surface area contributed by atoms with Crippen LogP contribution in [0.1, 0.15) is 42.1 Å². The van der Waals surface area contributed by atoms with Crippen molar-refractivity contribution in [3.63, 3.8) is 0 Å². The predicted molar refractivity (Wildman–Crippen MR) is 118 cm³/mol. The molecule has 0 bridgehead atoms. The zero-order valence-corrected chi connectivity index (χ0v) is 17.0. The van der Waals surface area contributed by atoms with Gasteiger partial charge in [0, 0.05) is 21.8 Å². The average Bonchev–Trinajstić information content (AvgIpc) is 3.17. The summed E-state index contributed by atoms with van der Waals surface area (Å²) >= 11 is 5.95. The molecular formula is C24H21ClN2O2. The molecule has 0 fully saturated rings. The zero-order valence-electron chi connectivity index (χ0n) is 16.3. The Balaban J connectivity index is 1.53. The molecule has 0 spiro atoms. The van der Waals surface area contributed by atoms with Crippen molar-refractivity contribution >= 4 is 34.3 Å². The van der Waals surface area contributed by atoms with Crippen LogP contribution < -0.4 is 5.32 Å². The first kappa shape index (κ1) is 19.2. The highest BCUT2D eigenvalue weighted by molar-refractivity contribution is 6.31. The van der Waals surface area contributed by atoms with E-state index in [9.17, 15) is 4.79 Å². The first-order valence-electron chi connectivity index (χ1n) is 9.61. The molecule has 1 unspecified atom stereocenters. The number of hydrogen-bond donors (Lipinski definition) is 1. The molecule has 0 aliphatic heterocycles. The van der Waals surface area contributed by atoms with E-state index in [1.165, 1.54) is 5.56 Å². The lowest BCUT2D eigenvalue weighted by Gasteiger charge is -2.07. The predicted octanol–water partition coefficient (Wildman–Crippen LogP) is 6.91. The maximum Gasteiger partial charge on any atom is 0.255 e. The Morgan fingerprint density at radius 3 is 2.62 bits per heavy atom. The Hall–Kier alpha value is -3.11. The molecule has 0 aliphatic carbocycles. The number of benzene rings is 3. The summed E-state index contributed by atoms with van der Waals surface area (Å²) in [6, 6.07) is 20.4. The van der Waals surface area contributed by atoms with Crippen molar-refractivity contribution in [3.8, 4) is 11.5 Å². The van der Waals surface area contributed by atoms with Crippen molar-refractivity contribution in [1.82, 2.24) is 4.98 Å². The van der Waals surface area contributed by atoms with Gasteiger partial charge in [-0.1, -0.05) is 37.6 Å². The van der Waals surface area contributed by atoms with Crippen LogP contribution >= 0.6 is 11.6 Å². The van der Waals surface area contributed by atoms with E-state index in [2.05, 4.69) is 36.3 Å². The van der Waals surface area contributed by atoms with Crippen molar-refractivity contribution in [2.45, 2.75) is 26.2 Å². The first-order chi connectivity index (χ1) is 14.0. The standard InChI is InChI=1S/C24H21ClN2O2/c1-3-15(2)17-9-12-22-21(14-17)27-24(29-22)16-7-10-20(11-8-16)26-23(28)18-5-4-6-19(25)13-18/h4-15H,3H2,1-2H3,(H,26,28). The molecule has 1 amide bonds. The van der Waals surface area contributed by atoms with E-state index in [1.54, 1.807) is 24.3 Å². The van der Waals surface area contributed by atoms with E-state index in [0.29, 0.717) is 28.1 Å². The fourth-order valence-electron chi connectivity index (χ4n) is 3.14. The van der Waals surface area contributed by atoms with Gasteiger partial charge in [0.05, 0.1) is 0 Å². The molecule has 0 saturated carbocycles. The minimum absolute atomic E-state index is 0.209. The van der Waals surface area contributed by atoms with Crippen molar-refractivity contribution in [2.24, 2.45) is 0 Å². The van der Waals surface area contributed by atoms with Gasteiger partial charge < -0.3 is 9.73 Å². The summed E-state index contributed by atoms with van der Waals surface area (Å²) in [4.78, 5) is 17.0. The van der Waals surface area contributed by atoms with Gasteiger partial charge in [0.1, 0.15) is 5.52 Å². The molecule has 0 aliphatic rings. The van der Waals surface area contributed by atoms with Crippen molar-refractivity contribution in [3.05, 3.63) is 82.9 Å². The number of hydrogen-bond acceptors (Lipinski definition) is 3. The van der Waals surface area contributed by atoms with Crippen LogP contribution in [0.4, 0.5) is 5.69 Å². The average molecular weight is 405 g/mol. The third-order valence-electron chi connectivity index (χ3n) is 5.07. The number of aromatic nitrogens is 1. The smallest absolute Gasteiger partial charge is 0.255 e. The minimum atomic E-state index is -0.209. The van der Waals surface area contributed by atoms with Gasteiger partial charge >= 0.3 is 0 Å². The van der Waals surface area contributed by atoms with Crippen LogP contribution in [-0.2, 0) is 0 Å². The molecule has 4 nitrogen and oxygen atoms in total. The number of carbonyl (C=O) groups is 1. The zero-order chi connectivity index (χ0) is 20.4. The maximum absolute atomic E-state index is 12.3. The summed E-state index contributed by atoms with van der Waals surface area (Å²) in [7, 11) is 0. The lowest BCUT2D eigenvalue weighted by molar-refractivity contribution is 0.102. The van der Waals surface area contributed by atoms with Gasteiger partial charge in [-0.05, 0) is 72.5 Å². The van der Waals surface area contributed by atoms with Crippen LogP contribution in [0.5, 0.6) is 0 Å². The number of oxazole rings is 1. The van der Waals surface area contributed by atoms with E-state index in [4.69, 9.17) is 16.0 Å². The highest BCUT2D eigenvalue weighted by Gasteiger charge is 2.12. The van der Waals surface area contributed by atoms with Crippen LogP contribution in [0.3, 0.4) is 0 Å². The fourth-order valence-corrected chi connectivity index (χ4v) is 3.33. The Morgan fingerprint density at radius 2 is 1.90 bits per heavy atom. The molecule has 146 valence electrons. The lowest BCUT2D eigenvalue weighted by Crippen LogP contribution is -2.11. The summed E-state index contributed by atoms with van der Waals surface area (Å²) in [5.41, 5.74) is 4.94. The second-order valence-electron chi connectivity index (χ2n) is 7.10. The Bertz CT molecular complexity index is 1170. The summed E-state index contributed by atoms with van der Waals surface area (Å²) < 4.78 is 5.91. The third-order valence-corrected chi connectivity index (χ3v) is 5.30. The number of carbonyl (C=O) groups excluding carboxylic acids is 1. The third kappa shape index (κ3) is 4.17. The monoisotopic (exact) mass is 404 g/mol. The molecule has 0 radical (unpaired) electrons. The molecule has 4 aromatic rings. The highest BCUT2D eigenvalue weighted by atomic mass is 35.5. The van der Waals surface area contributed by atoms with Crippen molar-refractivity contribution in [2.75, 3.05) is 5.32 Å². The maximum atomic E-state index is 12.3. The van der Waals surface area contributed by atoms with E-state index >= 15 is 0 Å². The molecule has 5 heteroatoms. The highest BCUT2D eigenvalue weighted by Crippen LogP contribution is 2.28. The SMILES string of the molecule is CCC(C)c1ccc2oc(-c3ccc(NC(=O)c4cccc(Cl)c4)cc3)nc2c1. The number of fused-ring (bicyclic) bond motifs is 1. The van der Waals surface area contributed by atoms with Crippen molar-refractivity contribution in [1.29, 1.82) is 0 Å². The molecule has 4 rings (SSSR count). The topological polar surface area (TPSA) is 55.1 Å². The number of halogens is 1. The molecule has 1 aromatic heterocycles. The summed E-state index contributed by atoms with van der Waals surface area (Å²) in [6.07, 6.45) is 1.08. The summed E-state index contributed by atoms with van der Waals surface area (Å²) in [6.45, 7) is 4.38. The van der Waals surface area contributed by atoms with Crippen LogP contribution in [0.2, 0.25) is 5.02 Å². The Kier molecular flexibility index (Phi) is 5.36. The summed E-state index contributed by atoms with van der Waals surface area (Å²) in [5.74, 6) is 0.843. The van der Waals surface area contributed by atoms with E-state index in [1.807, 2.05) is 30.3 Å². The second-order valence-corrected chi connectivity index (χ2v) is 7.53. The molecule has 29 heavy (non-hydrogen) atoms. The van der Waals surface area contributed by atoms with Crippen LogP contribution in [0.25, 0.3) is 22.6 Å². The Labute approximate surface area is 174 Å². The largest absolute Gasteiger partial charge is 0.436 e. The number of anilines is 1. The van der Waals surface area contributed by atoms with E-state index in [0.717, 1.165) is 23.1 Å². The normalized spacial score (nSPS) is 12.1. The molecule has 3 aromatic carbocycles. The quantitative estimate of drug-likeness (QED) is 0.393. The number of nitrogens with one attached hydrogen (secondary N) is 1. The van der Waals surface area contributed by atoms with E-state index < -0.39 is 0 Å². The molecule has 0 saturated heterocycles. The van der Waals surface area contributed by atoms with Gasteiger partial charge in [-0.15, -0.1) is 0 Å². The van der Waals surface area contributed by atoms with Crippen LogP contribution in [-0.4, -0.2) is 10.9 Å². The molecule has 1 atom stereocenters. The fraction of sp³-hybridized carbons (Fsp3) is 0.167. The van der Waals surface area contributed by atoms with Crippen LogP contribution in [0.15, 0.2) is 71.1 Å². The van der Waals surface area contributed by atoms with Crippen LogP contribution in [0, 0.1) is 0 Å². The van der Waals surface area contributed by atoms with E-state index in [-0.39, 0.29) is 5.91 Å². The van der Waals surface area contributed by atoms with Crippen molar-refractivity contribution < 1.29 is 9.21 Å². The van der Waals surface area contributed by atoms with Gasteiger partial charge in [-0.2, -0.15) is 0 Å². The van der Waals surface area contributed by atoms with Gasteiger partial charge in [0.2, 0.25) is 5.89 Å². The minimum Gasteiger partial charge on any atom is -0.436 e.